The zero-order chi connectivity index (χ0) is 19.6. The van der Waals surface area contributed by atoms with Crippen LogP contribution in [0.2, 0.25) is 15.1 Å². The second-order valence-corrected chi connectivity index (χ2v) is 8.06. The van der Waals surface area contributed by atoms with E-state index in [0.29, 0.717) is 11.3 Å². The Morgan fingerprint density at radius 1 is 1.15 bits per heavy atom. The van der Waals surface area contributed by atoms with Crippen molar-refractivity contribution in [2.75, 3.05) is 7.11 Å². The molecular formula is C16H15Cl3N2O4S. The van der Waals surface area contributed by atoms with Gasteiger partial charge in [0.1, 0.15) is 15.7 Å². The van der Waals surface area contributed by atoms with Gasteiger partial charge in [0.15, 0.2) is 0 Å². The van der Waals surface area contributed by atoms with Crippen LogP contribution >= 0.6 is 34.8 Å². The number of methoxy groups -OCH3 is 1. The van der Waals surface area contributed by atoms with Crippen LogP contribution in [0.3, 0.4) is 0 Å². The van der Waals surface area contributed by atoms with E-state index in [1.165, 1.54) is 19.2 Å². The smallest absolute Gasteiger partial charge is 0.251 e. The quantitative estimate of drug-likeness (QED) is 0.743. The van der Waals surface area contributed by atoms with Crippen molar-refractivity contribution in [2.24, 2.45) is 5.14 Å². The number of hydrogen-bond acceptors (Lipinski definition) is 4. The zero-order valence-electron chi connectivity index (χ0n) is 13.7. The summed E-state index contributed by atoms with van der Waals surface area (Å²) in [5.41, 5.74) is 0.660. The maximum Gasteiger partial charge on any atom is 0.251 e. The third kappa shape index (κ3) is 4.42. The number of primary sulfonamides is 1. The van der Waals surface area contributed by atoms with Gasteiger partial charge in [-0.1, -0.05) is 40.9 Å². The molecule has 0 heterocycles. The summed E-state index contributed by atoms with van der Waals surface area (Å²) in [5.74, 6) is -0.114. The molecule has 0 radical (unpaired) electrons. The minimum atomic E-state index is -4.05. The highest BCUT2D eigenvalue weighted by Crippen LogP contribution is 2.37. The average Bonchev–Trinajstić information content (AvgIpc) is 2.56. The summed E-state index contributed by atoms with van der Waals surface area (Å²) in [6.45, 7) is 1.71. The van der Waals surface area contributed by atoms with E-state index in [9.17, 15) is 13.2 Å². The van der Waals surface area contributed by atoms with Crippen molar-refractivity contribution in [3.05, 3.63) is 56.5 Å². The molecule has 0 fully saturated rings. The molecular weight excluding hydrogens is 423 g/mol. The van der Waals surface area contributed by atoms with Crippen molar-refractivity contribution in [2.45, 2.75) is 17.9 Å². The Morgan fingerprint density at radius 3 is 2.38 bits per heavy atom. The Hall–Kier alpha value is -1.51. The van der Waals surface area contributed by atoms with E-state index < -0.39 is 22.0 Å². The summed E-state index contributed by atoms with van der Waals surface area (Å²) in [6, 6.07) is 6.60. The van der Waals surface area contributed by atoms with Gasteiger partial charge in [0, 0.05) is 5.56 Å². The Kier molecular flexibility index (Phi) is 6.42. The van der Waals surface area contributed by atoms with E-state index in [0.717, 1.165) is 6.07 Å². The Labute approximate surface area is 166 Å². The molecule has 0 aliphatic carbocycles. The molecule has 2 aromatic carbocycles. The molecule has 140 valence electrons. The maximum absolute atomic E-state index is 12.4. The van der Waals surface area contributed by atoms with Crippen LogP contribution in [0.5, 0.6) is 5.75 Å². The summed E-state index contributed by atoms with van der Waals surface area (Å²) in [4.78, 5) is 12.1. The van der Waals surface area contributed by atoms with Crippen LogP contribution < -0.4 is 15.2 Å². The summed E-state index contributed by atoms with van der Waals surface area (Å²) in [7, 11) is -2.59. The maximum atomic E-state index is 12.4. The summed E-state index contributed by atoms with van der Waals surface area (Å²) in [5, 5.41) is 8.22. The molecule has 1 amide bonds. The standard InChI is InChI=1S/C16H15Cl3N2O4S/c1-8(10-4-6-12(25-2)15(19)14(10)18)21-16(22)9-3-5-11(17)13(7-9)26(20,23)24/h3-8H,1-2H3,(H,21,22)(H2,20,23,24)/t8-/m0/s1. The van der Waals surface area contributed by atoms with Gasteiger partial charge in [-0.05, 0) is 36.8 Å². The molecule has 0 aliphatic heterocycles. The monoisotopic (exact) mass is 436 g/mol. The first kappa shape index (κ1) is 20.8. The van der Waals surface area contributed by atoms with Crippen LogP contribution in [0.4, 0.5) is 0 Å². The molecule has 0 unspecified atom stereocenters. The lowest BCUT2D eigenvalue weighted by atomic mass is 10.1. The highest BCUT2D eigenvalue weighted by Gasteiger charge is 2.20. The van der Waals surface area contributed by atoms with Crippen LogP contribution in [-0.4, -0.2) is 21.4 Å². The molecule has 10 heteroatoms. The Morgan fingerprint density at radius 2 is 1.81 bits per heavy atom. The fourth-order valence-electron chi connectivity index (χ4n) is 2.26. The topological polar surface area (TPSA) is 98.5 Å². The number of carbonyl (C=O) groups excluding carboxylic acids is 1. The number of ether oxygens (including phenoxy) is 1. The van der Waals surface area contributed by atoms with E-state index >= 15 is 0 Å². The number of amides is 1. The molecule has 0 bridgehead atoms. The molecule has 2 rings (SSSR count). The fraction of sp³-hybridized carbons (Fsp3) is 0.188. The minimum absolute atomic E-state index is 0.0675. The normalized spacial score (nSPS) is 12.5. The number of hydrogen-bond donors (Lipinski definition) is 2. The average molecular weight is 438 g/mol. The van der Waals surface area contributed by atoms with Crippen molar-refractivity contribution in [1.29, 1.82) is 0 Å². The van der Waals surface area contributed by atoms with Gasteiger partial charge in [-0.25, -0.2) is 13.6 Å². The molecule has 26 heavy (non-hydrogen) atoms. The van der Waals surface area contributed by atoms with Crippen molar-refractivity contribution in [3.63, 3.8) is 0 Å². The van der Waals surface area contributed by atoms with E-state index in [1.54, 1.807) is 19.1 Å². The highest BCUT2D eigenvalue weighted by atomic mass is 35.5. The second-order valence-electron chi connectivity index (χ2n) is 5.37. The van der Waals surface area contributed by atoms with Gasteiger partial charge in [-0.3, -0.25) is 4.79 Å². The van der Waals surface area contributed by atoms with Crippen LogP contribution in [0.15, 0.2) is 35.2 Å². The fourth-order valence-corrected chi connectivity index (χ4v) is 3.90. The summed E-state index contributed by atoms with van der Waals surface area (Å²) < 4.78 is 28.1. The predicted molar refractivity (Wildman–Crippen MR) is 102 cm³/mol. The molecule has 2 aromatic rings. The van der Waals surface area contributed by atoms with Gasteiger partial charge in [-0.2, -0.15) is 0 Å². The van der Waals surface area contributed by atoms with Crippen molar-refractivity contribution in [3.8, 4) is 5.75 Å². The van der Waals surface area contributed by atoms with E-state index in [1.807, 2.05) is 0 Å². The van der Waals surface area contributed by atoms with E-state index in [2.05, 4.69) is 5.32 Å². The first-order valence-corrected chi connectivity index (χ1v) is 9.89. The third-order valence-corrected chi connectivity index (χ3v) is 5.88. The van der Waals surface area contributed by atoms with Gasteiger partial charge in [0.05, 0.1) is 23.2 Å². The molecule has 0 saturated heterocycles. The molecule has 0 saturated carbocycles. The van der Waals surface area contributed by atoms with Gasteiger partial charge in [-0.15, -0.1) is 0 Å². The molecule has 1 atom stereocenters. The molecule has 6 nitrogen and oxygen atoms in total. The zero-order valence-corrected chi connectivity index (χ0v) is 16.8. The highest BCUT2D eigenvalue weighted by molar-refractivity contribution is 7.89. The second kappa shape index (κ2) is 8.02. The van der Waals surface area contributed by atoms with Gasteiger partial charge in [0.25, 0.3) is 5.91 Å². The van der Waals surface area contributed by atoms with Gasteiger partial charge >= 0.3 is 0 Å². The summed E-state index contributed by atoms with van der Waals surface area (Å²) in [6.07, 6.45) is 0. The lowest BCUT2D eigenvalue weighted by molar-refractivity contribution is 0.0939. The van der Waals surface area contributed by atoms with Crippen LogP contribution in [-0.2, 0) is 10.0 Å². The number of rotatable bonds is 5. The lowest BCUT2D eigenvalue weighted by Gasteiger charge is -2.18. The first-order valence-electron chi connectivity index (χ1n) is 7.21. The van der Waals surface area contributed by atoms with Gasteiger partial charge in [0.2, 0.25) is 10.0 Å². The minimum Gasteiger partial charge on any atom is -0.495 e. The number of carbonyl (C=O) groups is 1. The largest absolute Gasteiger partial charge is 0.495 e. The molecule has 3 N–H and O–H groups in total. The van der Waals surface area contributed by atoms with Crippen molar-refractivity contribution >= 4 is 50.7 Å². The molecule has 0 aromatic heterocycles. The van der Waals surface area contributed by atoms with Crippen LogP contribution in [0, 0.1) is 0 Å². The Balaban J connectivity index is 2.29. The summed E-state index contributed by atoms with van der Waals surface area (Å²) >= 11 is 18.2. The Bertz CT molecular complexity index is 964. The number of benzene rings is 2. The number of nitrogens with one attached hydrogen (secondary N) is 1. The number of nitrogens with two attached hydrogens (primary N) is 1. The predicted octanol–water partition coefficient (Wildman–Crippen LogP) is 3.79. The number of sulfonamides is 1. The third-order valence-electron chi connectivity index (χ3n) is 3.61. The molecule has 0 aliphatic rings. The van der Waals surface area contributed by atoms with E-state index in [4.69, 9.17) is 44.7 Å². The first-order chi connectivity index (χ1) is 12.1. The number of halogens is 3. The van der Waals surface area contributed by atoms with Crippen LogP contribution in [0.1, 0.15) is 28.9 Å². The van der Waals surface area contributed by atoms with Crippen molar-refractivity contribution < 1.29 is 17.9 Å². The van der Waals surface area contributed by atoms with Gasteiger partial charge < -0.3 is 10.1 Å². The SMILES string of the molecule is COc1ccc([C@H](C)NC(=O)c2ccc(Cl)c(S(N)(=O)=O)c2)c(Cl)c1Cl. The van der Waals surface area contributed by atoms with E-state index in [-0.39, 0.29) is 25.5 Å². The lowest BCUT2D eigenvalue weighted by Crippen LogP contribution is -2.27. The molecule has 0 spiro atoms. The van der Waals surface area contributed by atoms with Crippen molar-refractivity contribution in [1.82, 2.24) is 5.32 Å². The van der Waals surface area contributed by atoms with Crippen LogP contribution in [0.25, 0.3) is 0 Å².